The minimum Gasteiger partial charge on any atom is -0.201 e. The molecular weight excluding hydrogens is 230 g/mol. The van der Waals surface area contributed by atoms with E-state index >= 15 is 0 Å². The second-order valence-electron chi connectivity index (χ2n) is 6.17. The first kappa shape index (κ1) is 10.2. The quantitative estimate of drug-likeness (QED) is 0.677. The Hall–Kier alpha value is -1.63. The minimum atomic E-state index is -0.0200. The Morgan fingerprint density at radius 1 is 1.11 bits per heavy atom. The molecule has 2 aromatic rings. The molecule has 0 N–H and O–H groups in total. The van der Waals surface area contributed by atoms with Gasteiger partial charge in [0.1, 0.15) is 8.42 Å². The predicted molar refractivity (Wildman–Crippen MR) is 81.2 cm³/mol. The SMILES string of the molecule is [2H]c1c([2H])c([2H])[n+](C)c(-c2cc(C(C)(C)C)ccc2C)c1C. The molecule has 100 valence electrons. The molecule has 0 bridgehead atoms. The number of aromatic nitrogens is 1. The summed E-state index contributed by atoms with van der Waals surface area (Å²) in [6.45, 7) is 10.4. The standard InChI is InChI=1S/C18H24N/c1-13-9-10-15(18(3,4)5)12-16(13)17-14(2)8-7-11-19(17)6/h7-12H,1-6H3/q+1/i7D,8D,11D. The van der Waals surface area contributed by atoms with Crippen molar-refractivity contribution in [3.05, 3.63) is 53.1 Å². The lowest BCUT2D eigenvalue weighted by Gasteiger charge is -2.20. The summed E-state index contributed by atoms with van der Waals surface area (Å²) in [4.78, 5) is 0. The molecular formula is C18H24N+. The summed E-state index contributed by atoms with van der Waals surface area (Å²) in [6, 6.07) is 6.50. The smallest absolute Gasteiger partial charge is 0.201 e. The van der Waals surface area contributed by atoms with E-state index in [2.05, 4.69) is 39.0 Å². The van der Waals surface area contributed by atoms with Crippen molar-refractivity contribution >= 4 is 0 Å². The number of benzene rings is 1. The topological polar surface area (TPSA) is 3.88 Å². The fourth-order valence-corrected chi connectivity index (χ4v) is 2.30. The van der Waals surface area contributed by atoms with Crippen LogP contribution in [0.5, 0.6) is 0 Å². The number of hydrogen-bond donors (Lipinski definition) is 0. The van der Waals surface area contributed by atoms with Gasteiger partial charge in [0.25, 0.3) is 0 Å². The molecule has 0 spiro atoms. The van der Waals surface area contributed by atoms with Crippen LogP contribution in [0.3, 0.4) is 0 Å². The molecule has 19 heavy (non-hydrogen) atoms. The Labute approximate surface area is 121 Å². The number of pyridine rings is 1. The monoisotopic (exact) mass is 257 g/mol. The largest absolute Gasteiger partial charge is 0.215 e. The molecule has 1 aromatic heterocycles. The molecule has 2 rings (SSSR count). The third-order valence-electron chi connectivity index (χ3n) is 3.52. The van der Waals surface area contributed by atoms with Gasteiger partial charge < -0.3 is 0 Å². The minimum absolute atomic E-state index is 0.0200. The average molecular weight is 257 g/mol. The molecule has 0 atom stereocenters. The number of aryl methyl sites for hydroxylation is 1. The normalized spacial score (nSPS) is 13.9. The summed E-state index contributed by atoms with van der Waals surface area (Å²) in [7, 11) is 1.80. The highest BCUT2D eigenvalue weighted by Gasteiger charge is 2.19. The number of nitrogens with zero attached hydrogens (tertiary/aromatic N) is 1. The molecule has 0 aliphatic rings. The zero-order valence-electron chi connectivity index (χ0n) is 15.7. The van der Waals surface area contributed by atoms with Crippen molar-refractivity contribution < 1.29 is 8.68 Å². The molecule has 0 radical (unpaired) electrons. The van der Waals surface area contributed by atoms with Crippen molar-refractivity contribution in [2.45, 2.75) is 40.0 Å². The third-order valence-corrected chi connectivity index (χ3v) is 3.52. The van der Waals surface area contributed by atoms with Crippen LogP contribution in [0, 0.1) is 13.8 Å². The maximum Gasteiger partial charge on any atom is 0.215 e. The van der Waals surface area contributed by atoms with Crippen LogP contribution in [0.25, 0.3) is 11.3 Å². The van der Waals surface area contributed by atoms with Gasteiger partial charge in [-0.25, -0.2) is 4.57 Å². The first-order chi connectivity index (χ1) is 10.1. The van der Waals surface area contributed by atoms with Crippen molar-refractivity contribution in [2.24, 2.45) is 7.05 Å². The average Bonchev–Trinajstić information content (AvgIpc) is 2.44. The zero-order chi connectivity index (χ0) is 16.8. The van der Waals surface area contributed by atoms with Gasteiger partial charge in [-0.15, -0.1) is 0 Å². The lowest BCUT2D eigenvalue weighted by molar-refractivity contribution is -0.660. The Morgan fingerprint density at radius 2 is 1.79 bits per heavy atom. The molecule has 0 saturated carbocycles. The molecule has 0 amide bonds. The number of rotatable bonds is 1. The van der Waals surface area contributed by atoms with Gasteiger partial charge in [-0.2, -0.15) is 0 Å². The lowest BCUT2D eigenvalue weighted by atomic mass is 9.84. The fraction of sp³-hybridized carbons (Fsp3) is 0.389. The van der Waals surface area contributed by atoms with Crippen molar-refractivity contribution in [1.29, 1.82) is 0 Å². The van der Waals surface area contributed by atoms with E-state index in [0.29, 0.717) is 0 Å². The highest BCUT2D eigenvalue weighted by atomic mass is 14.9. The third kappa shape index (κ3) is 2.70. The van der Waals surface area contributed by atoms with E-state index in [1.54, 1.807) is 11.6 Å². The van der Waals surface area contributed by atoms with E-state index in [4.69, 9.17) is 4.11 Å². The summed E-state index contributed by atoms with van der Waals surface area (Å²) in [5.74, 6) is 0. The summed E-state index contributed by atoms with van der Waals surface area (Å²) in [5.41, 5.74) is 5.02. The van der Waals surface area contributed by atoms with Gasteiger partial charge in [0.2, 0.25) is 5.69 Å². The van der Waals surface area contributed by atoms with E-state index in [1.807, 2.05) is 13.8 Å². The van der Waals surface area contributed by atoms with E-state index in [-0.39, 0.29) is 23.7 Å². The van der Waals surface area contributed by atoms with Crippen LogP contribution in [-0.4, -0.2) is 0 Å². The van der Waals surface area contributed by atoms with Gasteiger partial charge in [0.05, 0.1) is 2.74 Å². The van der Waals surface area contributed by atoms with Gasteiger partial charge in [-0.1, -0.05) is 32.9 Å². The Morgan fingerprint density at radius 3 is 2.42 bits per heavy atom. The van der Waals surface area contributed by atoms with Crippen LogP contribution in [0.2, 0.25) is 0 Å². The van der Waals surface area contributed by atoms with Crippen LogP contribution in [-0.2, 0) is 12.5 Å². The second-order valence-corrected chi connectivity index (χ2v) is 6.17. The molecule has 0 saturated heterocycles. The van der Waals surface area contributed by atoms with Crippen LogP contribution in [0.15, 0.2) is 36.5 Å². The van der Waals surface area contributed by atoms with Gasteiger partial charge in [0.15, 0.2) is 6.17 Å². The first-order valence-corrected chi connectivity index (χ1v) is 6.63. The molecule has 0 aliphatic carbocycles. The maximum absolute atomic E-state index is 8.10. The summed E-state index contributed by atoms with van der Waals surface area (Å²) in [5, 5.41) is 0. The second kappa shape index (κ2) is 4.80. The Balaban J connectivity index is 2.83. The van der Waals surface area contributed by atoms with Gasteiger partial charge in [-0.3, -0.25) is 0 Å². The maximum atomic E-state index is 8.10. The summed E-state index contributed by atoms with van der Waals surface area (Å²) < 4.78 is 25.8. The summed E-state index contributed by atoms with van der Waals surface area (Å²) in [6.07, 6.45) is 0.0751. The first-order valence-electron chi connectivity index (χ1n) is 8.13. The van der Waals surface area contributed by atoms with Crippen molar-refractivity contribution in [3.8, 4) is 11.3 Å². The molecule has 0 aliphatic heterocycles. The van der Waals surface area contributed by atoms with Crippen LogP contribution >= 0.6 is 0 Å². The van der Waals surface area contributed by atoms with E-state index in [9.17, 15) is 0 Å². The highest BCUT2D eigenvalue weighted by Crippen LogP contribution is 2.29. The molecule has 1 nitrogen and oxygen atoms in total. The number of hydrogen-bond acceptors (Lipinski definition) is 0. The van der Waals surface area contributed by atoms with Gasteiger partial charge in [-0.05, 0) is 42.5 Å². The Bertz CT molecular complexity index is 714. The molecule has 0 unspecified atom stereocenters. The summed E-state index contributed by atoms with van der Waals surface area (Å²) >= 11 is 0. The van der Waals surface area contributed by atoms with Crippen molar-refractivity contribution in [3.63, 3.8) is 0 Å². The van der Waals surface area contributed by atoms with Crippen LogP contribution in [0.1, 0.15) is 41.6 Å². The highest BCUT2D eigenvalue weighted by molar-refractivity contribution is 5.65. The predicted octanol–water partition coefficient (Wildman–Crippen LogP) is 4.09. The van der Waals surface area contributed by atoms with E-state index < -0.39 is 0 Å². The molecule has 1 heterocycles. The van der Waals surface area contributed by atoms with Crippen LogP contribution in [0.4, 0.5) is 0 Å². The molecule has 1 heteroatoms. The van der Waals surface area contributed by atoms with Crippen LogP contribution < -0.4 is 4.57 Å². The van der Waals surface area contributed by atoms with Gasteiger partial charge >= 0.3 is 0 Å². The van der Waals surface area contributed by atoms with E-state index in [0.717, 1.165) is 22.4 Å². The van der Waals surface area contributed by atoms with Gasteiger partial charge in [0, 0.05) is 17.2 Å². The lowest BCUT2D eigenvalue weighted by Crippen LogP contribution is -2.31. The zero-order valence-corrected chi connectivity index (χ0v) is 12.7. The molecule has 1 aromatic carbocycles. The van der Waals surface area contributed by atoms with E-state index in [1.165, 1.54) is 5.56 Å². The fourth-order valence-electron chi connectivity index (χ4n) is 2.30. The van der Waals surface area contributed by atoms with Crippen molar-refractivity contribution in [2.75, 3.05) is 0 Å². The van der Waals surface area contributed by atoms with Crippen molar-refractivity contribution in [1.82, 2.24) is 0 Å². The molecule has 0 fully saturated rings. The Kier molecular flexibility index (Phi) is 2.58.